The summed E-state index contributed by atoms with van der Waals surface area (Å²) in [5.74, 6) is 2.10. The topological polar surface area (TPSA) is 131 Å². The molecule has 10 nitrogen and oxygen atoms in total. The molecule has 1 saturated carbocycles. The number of hydrogen-bond acceptors (Lipinski definition) is 8. The molecule has 2 fully saturated rings. The minimum atomic E-state index is -3.15. The van der Waals surface area contributed by atoms with E-state index in [1.165, 1.54) is 0 Å². The van der Waals surface area contributed by atoms with Crippen LogP contribution in [0.4, 0.5) is 11.5 Å². The molecule has 0 unspecified atom stereocenters. The number of nitrogens with zero attached hydrogens (tertiary/aromatic N) is 4. The largest absolute Gasteiger partial charge is 0.377 e. The van der Waals surface area contributed by atoms with Crippen molar-refractivity contribution in [3.8, 4) is 11.4 Å². The van der Waals surface area contributed by atoms with Crippen LogP contribution in [0, 0.1) is 0 Å². The summed E-state index contributed by atoms with van der Waals surface area (Å²) in [6.45, 7) is 4.51. The molecule has 6 rings (SSSR count). The Labute approximate surface area is 246 Å². The van der Waals surface area contributed by atoms with Crippen LogP contribution in [0.15, 0.2) is 78.0 Å². The Hall–Kier alpha value is -3.55. The second kappa shape index (κ2) is 11.4. The average Bonchev–Trinajstić information content (AvgIpc) is 3.66. The number of benzene rings is 2. The highest BCUT2D eigenvalue weighted by atomic mass is 32.3. The zero-order chi connectivity index (χ0) is 28.5. The second-order valence-electron chi connectivity index (χ2n) is 10.3. The molecule has 12 heteroatoms. The van der Waals surface area contributed by atoms with Gasteiger partial charge in [-0.25, -0.2) is 15.0 Å². The maximum absolute atomic E-state index is 11.6. The van der Waals surface area contributed by atoms with Crippen molar-refractivity contribution in [3.05, 3.63) is 84.6 Å². The summed E-state index contributed by atoms with van der Waals surface area (Å²) < 4.78 is 28.0. The zero-order valence-electron chi connectivity index (χ0n) is 22.7. The smallest absolute Gasteiger partial charge is 0.171 e. The van der Waals surface area contributed by atoms with Gasteiger partial charge in [0.25, 0.3) is 0 Å². The van der Waals surface area contributed by atoms with E-state index in [-0.39, 0.29) is 6.04 Å². The summed E-state index contributed by atoms with van der Waals surface area (Å²) in [5.41, 5.74) is 2.30. The molecule has 2 aromatic heterocycles. The molecule has 5 N–H and O–H groups in total. The first kappa shape index (κ1) is 27.6. The lowest BCUT2D eigenvalue weighted by Gasteiger charge is -2.41. The van der Waals surface area contributed by atoms with Crippen molar-refractivity contribution in [2.45, 2.75) is 42.0 Å². The van der Waals surface area contributed by atoms with Crippen molar-refractivity contribution in [1.82, 2.24) is 25.3 Å². The molecule has 3 heterocycles. The molecule has 0 amide bonds. The van der Waals surface area contributed by atoms with E-state index in [9.17, 15) is 9.11 Å². The van der Waals surface area contributed by atoms with Crippen molar-refractivity contribution >= 4 is 39.4 Å². The van der Waals surface area contributed by atoms with Gasteiger partial charge in [0.1, 0.15) is 16.4 Å². The first-order valence-electron chi connectivity index (χ1n) is 13.6. The van der Waals surface area contributed by atoms with Crippen LogP contribution in [0.2, 0.25) is 0 Å². The summed E-state index contributed by atoms with van der Waals surface area (Å²) in [6, 6.07) is 18.9. The Morgan fingerprint density at radius 3 is 2.61 bits per heavy atom. The molecule has 1 saturated heterocycles. The van der Waals surface area contributed by atoms with Gasteiger partial charge in [-0.05, 0) is 68.4 Å². The van der Waals surface area contributed by atoms with Crippen LogP contribution >= 0.6 is 22.8 Å². The molecular formula is C29H33N7O3S2. The maximum Gasteiger partial charge on any atom is 0.171 e. The molecule has 1 aliphatic carbocycles. The summed E-state index contributed by atoms with van der Waals surface area (Å²) in [5, 5.41) is 6.80. The first-order valence-corrected chi connectivity index (χ1v) is 15.5. The summed E-state index contributed by atoms with van der Waals surface area (Å²) in [4.78, 5) is 19.9. The van der Waals surface area contributed by atoms with Gasteiger partial charge in [0.15, 0.2) is 10.9 Å². The first-order chi connectivity index (χ1) is 19.9. The van der Waals surface area contributed by atoms with Crippen molar-refractivity contribution in [2.24, 2.45) is 0 Å². The number of ether oxygens (including phenoxy) is 1. The second-order valence-corrected chi connectivity index (χ2v) is 13.1. The Balaban J connectivity index is 1.30. The van der Waals surface area contributed by atoms with E-state index in [0.29, 0.717) is 60.7 Å². The standard InChI is InChI=1S/C29H33N7O3S2/c1-20-19-39-16-15-36(20)26-17-24(29(11-12-29)41(37,38)23-5-3-2-4-6-23)34-27(35-26)21-7-9-22(10-8-21)33-28(40)32-18-25-30-13-14-31-25/h2-10,13-14,17,20,37-38H,11-12,15-16,18-19H2,1H3,(H,30,31)(H2,32,33,40)/t20-/m0/s1. The quantitative estimate of drug-likeness (QED) is 0.170. The Morgan fingerprint density at radius 2 is 1.93 bits per heavy atom. The van der Waals surface area contributed by atoms with Gasteiger partial charge in [0.05, 0.1) is 36.4 Å². The lowest BCUT2D eigenvalue weighted by atomic mass is 10.1. The number of morpholine rings is 1. The van der Waals surface area contributed by atoms with Gasteiger partial charge in [-0.15, -0.1) is 0 Å². The number of imidazole rings is 1. The number of rotatable bonds is 8. The summed E-state index contributed by atoms with van der Waals surface area (Å²) in [6.07, 6.45) is 4.75. The third-order valence-electron chi connectivity index (χ3n) is 7.53. The van der Waals surface area contributed by atoms with E-state index in [0.717, 1.165) is 22.9 Å². The predicted molar refractivity (Wildman–Crippen MR) is 165 cm³/mol. The highest BCUT2D eigenvalue weighted by Crippen LogP contribution is 2.75. The van der Waals surface area contributed by atoms with Gasteiger partial charge in [-0.2, -0.15) is 10.6 Å². The van der Waals surface area contributed by atoms with Crippen LogP contribution in [-0.2, 0) is 16.0 Å². The normalized spacial score (nSPS) is 18.5. The van der Waals surface area contributed by atoms with E-state index < -0.39 is 15.3 Å². The van der Waals surface area contributed by atoms with E-state index in [1.54, 1.807) is 24.5 Å². The minimum absolute atomic E-state index is 0.130. The zero-order valence-corrected chi connectivity index (χ0v) is 24.3. The van der Waals surface area contributed by atoms with Gasteiger partial charge in [0, 0.05) is 36.3 Å². The Morgan fingerprint density at radius 1 is 1.15 bits per heavy atom. The summed E-state index contributed by atoms with van der Waals surface area (Å²) in [7, 11) is -3.15. The highest BCUT2D eigenvalue weighted by Gasteiger charge is 2.57. The minimum Gasteiger partial charge on any atom is -0.377 e. The third-order valence-corrected chi connectivity index (χ3v) is 10.4. The van der Waals surface area contributed by atoms with E-state index in [1.807, 2.05) is 48.5 Å². The number of nitrogens with one attached hydrogen (secondary N) is 3. The van der Waals surface area contributed by atoms with Crippen LogP contribution < -0.4 is 15.5 Å². The maximum atomic E-state index is 11.6. The van der Waals surface area contributed by atoms with Gasteiger partial charge in [0.2, 0.25) is 0 Å². The van der Waals surface area contributed by atoms with Crippen molar-refractivity contribution in [3.63, 3.8) is 0 Å². The molecule has 1 aliphatic heterocycles. The molecule has 0 radical (unpaired) electrons. The number of hydrogen-bond donors (Lipinski definition) is 5. The molecular weight excluding hydrogens is 558 g/mol. The van der Waals surface area contributed by atoms with Crippen molar-refractivity contribution in [1.29, 1.82) is 0 Å². The van der Waals surface area contributed by atoms with Crippen LogP contribution in [0.25, 0.3) is 11.4 Å². The fraction of sp³-hybridized carbons (Fsp3) is 0.310. The molecule has 214 valence electrons. The number of aromatic nitrogens is 4. The van der Waals surface area contributed by atoms with Gasteiger partial charge >= 0.3 is 0 Å². The molecule has 41 heavy (non-hydrogen) atoms. The van der Waals surface area contributed by atoms with E-state index >= 15 is 0 Å². The SMILES string of the molecule is C[C@H]1COCCN1c1cc(C2(S(O)(O)c3ccccc3)CC2)nc(-c2ccc(NC(=S)NCc3ncc[nH]3)cc2)n1. The Kier molecular flexibility index (Phi) is 7.66. The molecule has 2 aromatic carbocycles. The van der Waals surface area contributed by atoms with Crippen LogP contribution in [0.1, 0.15) is 31.3 Å². The lowest BCUT2D eigenvalue weighted by molar-refractivity contribution is 0.0985. The third kappa shape index (κ3) is 5.66. The summed E-state index contributed by atoms with van der Waals surface area (Å²) >= 11 is 5.43. The molecule has 1 atom stereocenters. The molecule has 0 spiro atoms. The van der Waals surface area contributed by atoms with E-state index in [2.05, 4.69) is 32.4 Å². The Bertz CT molecular complexity index is 1500. The monoisotopic (exact) mass is 591 g/mol. The van der Waals surface area contributed by atoms with Crippen molar-refractivity contribution < 1.29 is 13.8 Å². The average molecular weight is 592 g/mol. The van der Waals surface area contributed by atoms with Gasteiger partial charge < -0.3 is 25.3 Å². The highest BCUT2D eigenvalue weighted by molar-refractivity contribution is 8.25. The lowest BCUT2D eigenvalue weighted by Crippen LogP contribution is -2.44. The number of aromatic amines is 1. The van der Waals surface area contributed by atoms with Crippen LogP contribution in [-0.4, -0.2) is 60.0 Å². The van der Waals surface area contributed by atoms with Crippen LogP contribution in [0.3, 0.4) is 0 Å². The fourth-order valence-corrected chi connectivity index (χ4v) is 7.33. The molecule has 2 aliphatic rings. The molecule has 0 bridgehead atoms. The molecule has 4 aromatic rings. The number of H-pyrrole nitrogens is 1. The van der Waals surface area contributed by atoms with Gasteiger partial charge in [-0.3, -0.25) is 9.11 Å². The predicted octanol–water partition coefficient (Wildman–Crippen LogP) is 5.38. The van der Waals surface area contributed by atoms with E-state index in [4.69, 9.17) is 26.9 Å². The van der Waals surface area contributed by atoms with Crippen LogP contribution in [0.5, 0.6) is 0 Å². The van der Waals surface area contributed by atoms with Crippen molar-refractivity contribution in [2.75, 3.05) is 30.0 Å². The van der Waals surface area contributed by atoms with Gasteiger partial charge in [-0.1, -0.05) is 18.2 Å². The fourth-order valence-electron chi connectivity index (χ4n) is 5.08. The number of thiocarbonyl (C=S) groups is 1. The number of anilines is 2.